The minimum Gasteiger partial charge on any atom is -0.406 e. The summed E-state index contributed by atoms with van der Waals surface area (Å²) in [6.07, 6.45) is -3.05. The van der Waals surface area contributed by atoms with Gasteiger partial charge in [0, 0.05) is 0 Å². The molecule has 0 unspecified atom stereocenters. The van der Waals surface area contributed by atoms with Crippen LogP contribution in [0, 0.1) is 18.3 Å². The van der Waals surface area contributed by atoms with Crippen molar-refractivity contribution in [3.8, 4) is 22.9 Å². The number of ether oxygens (including phenoxy) is 1. The molecule has 134 valence electrons. The van der Waals surface area contributed by atoms with E-state index in [1.165, 1.54) is 31.2 Å². The van der Waals surface area contributed by atoms with Gasteiger partial charge in [-0.1, -0.05) is 12.1 Å². The van der Waals surface area contributed by atoms with Crippen LogP contribution in [0.3, 0.4) is 0 Å². The number of hydrogen-bond donors (Lipinski definition) is 0. The van der Waals surface area contributed by atoms with Gasteiger partial charge in [0.1, 0.15) is 5.75 Å². The molecule has 6 heteroatoms. The van der Waals surface area contributed by atoms with Gasteiger partial charge in [0.25, 0.3) is 0 Å². The molecule has 0 saturated heterocycles. The van der Waals surface area contributed by atoms with Crippen molar-refractivity contribution in [2.45, 2.75) is 27.1 Å². The Bertz CT molecular complexity index is 904. The van der Waals surface area contributed by atoms with Crippen LogP contribution in [0.1, 0.15) is 30.5 Å². The van der Waals surface area contributed by atoms with Gasteiger partial charge in [0.15, 0.2) is 5.78 Å². The number of rotatable bonds is 4. The molecular formula is C20H16F3NO2. The van der Waals surface area contributed by atoms with Crippen molar-refractivity contribution in [1.29, 1.82) is 5.26 Å². The van der Waals surface area contributed by atoms with Crippen molar-refractivity contribution in [3.05, 3.63) is 58.7 Å². The van der Waals surface area contributed by atoms with Crippen LogP contribution in [0.4, 0.5) is 13.2 Å². The third-order valence-corrected chi connectivity index (χ3v) is 3.90. The monoisotopic (exact) mass is 359 g/mol. The number of ketones is 1. The lowest BCUT2D eigenvalue weighted by atomic mass is 9.93. The normalized spacial score (nSPS) is 11.8. The summed E-state index contributed by atoms with van der Waals surface area (Å²) in [7, 11) is 0. The van der Waals surface area contributed by atoms with Crippen LogP contribution in [0.5, 0.6) is 5.75 Å². The predicted octanol–water partition coefficient (Wildman–Crippen LogP) is 5.42. The van der Waals surface area contributed by atoms with Gasteiger partial charge in [-0.3, -0.25) is 4.79 Å². The van der Waals surface area contributed by atoms with Crippen LogP contribution < -0.4 is 4.74 Å². The van der Waals surface area contributed by atoms with Crippen molar-refractivity contribution in [3.63, 3.8) is 0 Å². The molecule has 0 radical (unpaired) electrons. The molecule has 0 aliphatic rings. The summed E-state index contributed by atoms with van der Waals surface area (Å²) in [6, 6.07) is 10.8. The molecule has 0 aromatic heterocycles. The second-order valence-electron chi connectivity index (χ2n) is 5.81. The topological polar surface area (TPSA) is 50.1 Å². The minimum absolute atomic E-state index is 0.0815. The summed E-state index contributed by atoms with van der Waals surface area (Å²) in [6.45, 7) is 4.97. The van der Waals surface area contributed by atoms with Crippen LogP contribution in [-0.4, -0.2) is 12.1 Å². The molecule has 0 spiro atoms. The Kier molecular flexibility index (Phi) is 5.51. The second kappa shape index (κ2) is 7.44. The summed E-state index contributed by atoms with van der Waals surface area (Å²) in [5.41, 5.74) is 3.80. The molecule has 26 heavy (non-hydrogen) atoms. The van der Waals surface area contributed by atoms with Gasteiger partial charge in [0.2, 0.25) is 0 Å². The third kappa shape index (κ3) is 4.73. The van der Waals surface area contributed by atoms with Crippen molar-refractivity contribution in [2.75, 3.05) is 0 Å². The maximum absolute atomic E-state index is 12.3. The number of benzene rings is 2. The number of carbonyl (C=O) groups excluding carboxylic acids is 1. The lowest BCUT2D eigenvalue weighted by Crippen LogP contribution is -2.16. The Morgan fingerprint density at radius 3 is 2.27 bits per heavy atom. The molecule has 0 heterocycles. The van der Waals surface area contributed by atoms with Crippen molar-refractivity contribution in [1.82, 2.24) is 0 Å². The van der Waals surface area contributed by atoms with Crippen LogP contribution in [0.25, 0.3) is 17.2 Å². The fourth-order valence-electron chi connectivity index (χ4n) is 2.42. The zero-order chi connectivity index (χ0) is 19.5. The van der Waals surface area contributed by atoms with Gasteiger partial charge < -0.3 is 4.74 Å². The first-order valence-electron chi connectivity index (χ1n) is 7.71. The molecular weight excluding hydrogens is 343 g/mol. The van der Waals surface area contributed by atoms with Gasteiger partial charge in [-0.2, -0.15) is 5.26 Å². The Balaban J connectivity index is 2.51. The molecule has 0 atom stereocenters. The van der Waals surface area contributed by atoms with E-state index in [0.29, 0.717) is 27.8 Å². The highest BCUT2D eigenvalue weighted by Gasteiger charge is 2.31. The zero-order valence-electron chi connectivity index (χ0n) is 14.4. The SMILES string of the molecule is CC(=O)/C(C)=C/c1cc(C#N)cc(-c2ccc(OC(F)(F)F)cc2)c1C. The fourth-order valence-corrected chi connectivity index (χ4v) is 2.42. The highest BCUT2D eigenvalue weighted by Crippen LogP contribution is 2.31. The van der Waals surface area contributed by atoms with E-state index < -0.39 is 6.36 Å². The summed E-state index contributed by atoms with van der Waals surface area (Å²) in [5.74, 6) is -0.398. The van der Waals surface area contributed by atoms with Crippen molar-refractivity contribution < 1.29 is 22.7 Å². The van der Waals surface area contributed by atoms with E-state index in [2.05, 4.69) is 10.8 Å². The Morgan fingerprint density at radius 2 is 1.77 bits per heavy atom. The first-order chi connectivity index (χ1) is 12.1. The maximum Gasteiger partial charge on any atom is 0.573 e. The molecule has 2 rings (SSSR count). The van der Waals surface area contributed by atoms with Gasteiger partial charge in [-0.25, -0.2) is 0 Å². The maximum atomic E-state index is 12.3. The summed E-state index contributed by atoms with van der Waals surface area (Å²) < 4.78 is 40.7. The predicted molar refractivity (Wildman–Crippen MR) is 92.3 cm³/mol. The highest BCUT2D eigenvalue weighted by atomic mass is 19.4. The number of carbonyl (C=O) groups is 1. The third-order valence-electron chi connectivity index (χ3n) is 3.90. The van der Waals surface area contributed by atoms with E-state index in [0.717, 1.165) is 5.56 Å². The number of alkyl halides is 3. The van der Waals surface area contributed by atoms with Crippen LogP contribution in [0.15, 0.2) is 42.0 Å². The van der Waals surface area contributed by atoms with Gasteiger partial charge >= 0.3 is 6.36 Å². The Labute approximate surface area is 149 Å². The molecule has 0 aliphatic carbocycles. The highest BCUT2D eigenvalue weighted by molar-refractivity contribution is 5.97. The largest absolute Gasteiger partial charge is 0.573 e. The summed E-state index contributed by atoms with van der Waals surface area (Å²) >= 11 is 0. The van der Waals surface area contributed by atoms with Gasteiger partial charge in [0.05, 0.1) is 11.6 Å². The number of hydrogen-bond acceptors (Lipinski definition) is 3. The van der Waals surface area contributed by atoms with Crippen LogP contribution >= 0.6 is 0 Å². The van der Waals surface area contributed by atoms with Gasteiger partial charge in [-0.05, 0) is 78.9 Å². The van der Waals surface area contributed by atoms with E-state index in [1.54, 1.807) is 25.1 Å². The minimum atomic E-state index is -4.75. The molecule has 0 amide bonds. The lowest BCUT2D eigenvalue weighted by molar-refractivity contribution is -0.274. The number of nitrogens with zero attached hydrogens (tertiary/aromatic N) is 1. The second-order valence-corrected chi connectivity index (χ2v) is 5.81. The molecule has 0 saturated carbocycles. The molecule has 0 bridgehead atoms. The molecule has 3 nitrogen and oxygen atoms in total. The number of Topliss-reactive ketones (excluding diaryl/α,β-unsaturated/α-hetero) is 1. The van der Waals surface area contributed by atoms with E-state index in [9.17, 15) is 23.2 Å². The van der Waals surface area contributed by atoms with Crippen LogP contribution in [-0.2, 0) is 4.79 Å². The zero-order valence-corrected chi connectivity index (χ0v) is 14.4. The Morgan fingerprint density at radius 1 is 1.15 bits per heavy atom. The molecule has 0 aliphatic heterocycles. The standard InChI is InChI=1S/C20H16F3NO2/c1-12(14(3)25)8-17-9-15(11-24)10-19(13(17)2)16-4-6-18(7-5-16)26-20(21,22)23/h4-10H,1-3H3/b12-8+. The number of nitriles is 1. The molecule has 2 aromatic carbocycles. The lowest BCUT2D eigenvalue weighted by Gasteiger charge is -2.13. The van der Waals surface area contributed by atoms with E-state index >= 15 is 0 Å². The van der Waals surface area contributed by atoms with Crippen LogP contribution in [0.2, 0.25) is 0 Å². The number of allylic oxidation sites excluding steroid dienone is 1. The van der Waals surface area contributed by atoms with Crippen molar-refractivity contribution in [2.24, 2.45) is 0 Å². The first kappa shape index (κ1) is 19.3. The molecule has 2 aromatic rings. The first-order valence-corrected chi connectivity index (χ1v) is 7.71. The molecule has 0 fully saturated rings. The average molecular weight is 359 g/mol. The van der Waals surface area contributed by atoms with E-state index in [1.807, 2.05) is 6.92 Å². The average Bonchev–Trinajstić information content (AvgIpc) is 2.56. The molecule has 0 N–H and O–H groups in total. The number of halogens is 3. The fraction of sp³-hybridized carbons (Fsp3) is 0.200. The summed E-state index contributed by atoms with van der Waals surface area (Å²) in [5, 5.41) is 9.26. The van der Waals surface area contributed by atoms with E-state index in [4.69, 9.17) is 0 Å². The quantitative estimate of drug-likeness (QED) is 0.685. The van der Waals surface area contributed by atoms with E-state index in [-0.39, 0.29) is 11.5 Å². The van der Waals surface area contributed by atoms with Crippen molar-refractivity contribution >= 4 is 11.9 Å². The Hall–Kier alpha value is -3.07. The van der Waals surface area contributed by atoms with Gasteiger partial charge in [-0.15, -0.1) is 13.2 Å². The smallest absolute Gasteiger partial charge is 0.406 e. The summed E-state index contributed by atoms with van der Waals surface area (Å²) in [4.78, 5) is 11.5.